The van der Waals surface area contributed by atoms with E-state index in [1.165, 1.54) is 42.3 Å². The van der Waals surface area contributed by atoms with Crippen molar-refractivity contribution in [2.24, 2.45) is 0 Å². The van der Waals surface area contributed by atoms with E-state index in [0.717, 1.165) is 16.7 Å². The van der Waals surface area contributed by atoms with E-state index in [-0.39, 0.29) is 4.90 Å². The zero-order valence-corrected chi connectivity index (χ0v) is 18.6. The fraction of sp³-hybridized carbons (Fsp3) is 0.130. The maximum atomic E-state index is 12.3. The molecule has 3 aromatic carbocycles. The summed E-state index contributed by atoms with van der Waals surface area (Å²) in [5.41, 5.74) is 4.68. The zero-order chi connectivity index (χ0) is 22.0. The molecule has 1 aromatic heterocycles. The highest BCUT2D eigenvalue weighted by Gasteiger charge is 2.19. The molecule has 0 aliphatic carbocycles. The molecule has 1 heterocycles. The van der Waals surface area contributed by atoms with Crippen LogP contribution in [0.4, 0.5) is 0 Å². The Bertz CT molecular complexity index is 1390. The van der Waals surface area contributed by atoms with Gasteiger partial charge in [0, 0.05) is 19.8 Å². The van der Waals surface area contributed by atoms with Crippen molar-refractivity contribution in [1.82, 2.24) is 9.29 Å². The summed E-state index contributed by atoms with van der Waals surface area (Å²) in [6.45, 7) is 0. The maximum Gasteiger partial charge on any atom is 0.257 e. The minimum atomic E-state index is -3.52. The first-order chi connectivity index (χ1) is 14.9. The van der Waals surface area contributed by atoms with Crippen LogP contribution in [-0.2, 0) is 15.8 Å². The summed E-state index contributed by atoms with van der Waals surface area (Å²) in [6.07, 6.45) is 0. The third-order valence-corrected chi connectivity index (χ3v) is 7.50. The van der Waals surface area contributed by atoms with Crippen molar-refractivity contribution in [2.45, 2.75) is 15.9 Å². The van der Waals surface area contributed by atoms with Crippen molar-refractivity contribution in [2.75, 3.05) is 14.1 Å². The molecule has 4 rings (SSSR count). The summed E-state index contributed by atoms with van der Waals surface area (Å²) < 4.78 is 31.5. The molecule has 0 amide bonds. The SMILES string of the molecule is CN(C)S(=O)(=O)c1ccc2oc(SCc3ccc(-c4ccccc4C#N)cc3)nc2c1. The Morgan fingerprint density at radius 1 is 1.06 bits per heavy atom. The van der Waals surface area contributed by atoms with Crippen molar-refractivity contribution in [1.29, 1.82) is 5.26 Å². The highest BCUT2D eigenvalue weighted by atomic mass is 32.2. The van der Waals surface area contributed by atoms with Gasteiger partial charge in [-0.3, -0.25) is 0 Å². The number of oxazole rings is 1. The Morgan fingerprint density at radius 2 is 1.81 bits per heavy atom. The van der Waals surface area contributed by atoms with Gasteiger partial charge < -0.3 is 4.42 Å². The van der Waals surface area contributed by atoms with Crippen LogP contribution in [0.5, 0.6) is 0 Å². The van der Waals surface area contributed by atoms with Crippen LogP contribution in [0.15, 0.2) is 81.3 Å². The molecule has 0 radical (unpaired) electrons. The van der Waals surface area contributed by atoms with E-state index in [0.29, 0.717) is 27.6 Å². The van der Waals surface area contributed by atoms with Crippen molar-refractivity contribution in [3.63, 3.8) is 0 Å². The van der Waals surface area contributed by atoms with Crippen molar-refractivity contribution in [3.8, 4) is 17.2 Å². The van der Waals surface area contributed by atoms with Gasteiger partial charge in [0.15, 0.2) is 5.58 Å². The fourth-order valence-corrected chi connectivity index (χ4v) is 4.79. The number of hydrogen-bond acceptors (Lipinski definition) is 6. The van der Waals surface area contributed by atoms with E-state index in [2.05, 4.69) is 11.1 Å². The van der Waals surface area contributed by atoms with Gasteiger partial charge in [-0.15, -0.1) is 0 Å². The number of aromatic nitrogens is 1. The first kappa shape index (κ1) is 21.1. The van der Waals surface area contributed by atoms with Crippen LogP contribution < -0.4 is 0 Å². The van der Waals surface area contributed by atoms with E-state index in [4.69, 9.17) is 4.42 Å². The topological polar surface area (TPSA) is 87.2 Å². The van der Waals surface area contributed by atoms with Crippen LogP contribution in [-0.4, -0.2) is 31.8 Å². The lowest BCUT2D eigenvalue weighted by Gasteiger charge is -2.10. The monoisotopic (exact) mass is 449 g/mol. The number of rotatable bonds is 6. The molecular formula is C23H19N3O3S2. The first-order valence-corrected chi connectivity index (χ1v) is 11.9. The van der Waals surface area contributed by atoms with Crippen LogP contribution >= 0.6 is 11.8 Å². The lowest BCUT2D eigenvalue weighted by molar-refractivity contribution is 0.489. The second-order valence-corrected chi connectivity index (χ2v) is 10.1. The molecule has 0 aliphatic heterocycles. The number of nitrogens with zero attached hydrogens (tertiary/aromatic N) is 3. The molecule has 8 heteroatoms. The molecule has 0 unspecified atom stereocenters. The van der Waals surface area contributed by atoms with Gasteiger partial charge >= 0.3 is 0 Å². The molecule has 156 valence electrons. The molecule has 0 saturated heterocycles. The standard InChI is InChI=1S/C23H19N3O3S2/c1-26(2)31(27,28)19-11-12-22-21(13-19)25-23(29-22)30-15-16-7-9-17(10-8-16)20-6-4-3-5-18(20)14-24/h3-13H,15H2,1-2H3. The second-order valence-electron chi connectivity index (χ2n) is 7.04. The summed E-state index contributed by atoms with van der Waals surface area (Å²) in [5, 5.41) is 9.77. The lowest BCUT2D eigenvalue weighted by atomic mass is 10.00. The molecule has 0 saturated carbocycles. The third-order valence-electron chi connectivity index (χ3n) is 4.79. The van der Waals surface area contributed by atoms with E-state index < -0.39 is 10.0 Å². The Morgan fingerprint density at radius 3 is 2.52 bits per heavy atom. The van der Waals surface area contributed by atoms with Crippen LogP contribution in [0.2, 0.25) is 0 Å². The number of nitriles is 1. The van der Waals surface area contributed by atoms with E-state index in [1.54, 1.807) is 6.07 Å². The highest BCUT2D eigenvalue weighted by Crippen LogP contribution is 2.29. The molecule has 0 fully saturated rings. The zero-order valence-electron chi connectivity index (χ0n) is 16.9. The molecular weight excluding hydrogens is 430 g/mol. The number of hydrogen-bond donors (Lipinski definition) is 0. The third kappa shape index (κ3) is 4.35. The second kappa shape index (κ2) is 8.55. The summed E-state index contributed by atoms with van der Waals surface area (Å²) in [6, 6.07) is 22.4. The van der Waals surface area contributed by atoms with Crippen molar-refractivity contribution in [3.05, 3.63) is 77.9 Å². The summed E-state index contributed by atoms with van der Waals surface area (Å²) in [4.78, 5) is 4.61. The Hall–Kier alpha value is -3.12. The minimum Gasteiger partial charge on any atom is -0.431 e. The molecule has 0 atom stereocenters. The average molecular weight is 450 g/mol. The van der Waals surface area contributed by atoms with Crippen molar-refractivity contribution >= 4 is 32.9 Å². The van der Waals surface area contributed by atoms with E-state index in [9.17, 15) is 13.7 Å². The quantitative estimate of drug-likeness (QED) is 0.389. The van der Waals surface area contributed by atoms with Crippen LogP contribution in [0, 0.1) is 11.3 Å². The number of fused-ring (bicyclic) bond motifs is 1. The van der Waals surface area contributed by atoms with Gasteiger partial charge in [-0.1, -0.05) is 54.2 Å². The number of thioether (sulfide) groups is 1. The van der Waals surface area contributed by atoms with E-state index in [1.807, 2.05) is 48.5 Å². The molecule has 0 bridgehead atoms. The smallest absolute Gasteiger partial charge is 0.257 e. The fourth-order valence-electron chi connectivity index (χ4n) is 3.08. The normalized spacial score (nSPS) is 11.7. The van der Waals surface area contributed by atoms with Gasteiger partial charge in [-0.05, 0) is 41.0 Å². The molecule has 0 spiro atoms. The molecule has 0 N–H and O–H groups in total. The minimum absolute atomic E-state index is 0.183. The molecule has 6 nitrogen and oxygen atoms in total. The Labute approximate surface area is 185 Å². The van der Waals surface area contributed by atoms with Gasteiger partial charge in [0.25, 0.3) is 5.22 Å². The number of benzene rings is 3. The highest BCUT2D eigenvalue weighted by molar-refractivity contribution is 7.98. The summed E-state index contributed by atoms with van der Waals surface area (Å²) in [5.74, 6) is 0.649. The van der Waals surface area contributed by atoms with Crippen molar-refractivity contribution < 1.29 is 12.8 Å². The predicted molar refractivity (Wildman–Crippen MR) is 121 cm³/mol. The first-order valence-electron chi connectivity index (χ1n) is 9.43. The Balaban J connectivity index is 1.50. The predicted octanol–water partition coefficient (Wildman–Crippen LogP) is 4.91. The van der Waals surface area contributed by atoms with Crippen LogP contribution in [0.25, 0.3) is 22.2 Å². The molecule has 0 aliphatic rings. The summed E-state index contributed by atoms with van der Waals surface area (Å²) in [7, 11) is -0.534. The van der Waals surface area contributed by atoms with Gasteiger partial charge in [0.1, 0.15) is 5.52 Å². The Kier molecular flexibility index (Phi) is 5.83. The van der Waals surface area contributed by atoms with Gasteiger partial charge in [0.2, 0.25) is 10.0 Å². The maximum absolute atomic E-state index is 12.3. The summed E-state index contributed by atoms with van der Waals surface area (Å²) >= 11 is 1.44. The number of sulfonamides is 1. The largest absolute Gasteiger partial charge is 0.431 e. The van der Waals surface area contributed by atoms with Gasteiger partial charge in [0.05, 0.1) is 16.5 Å². The molecule has 31 heavy (non-hydrogen) atoms. The van der Waals surface area contributed by atoms with E-state index >= 15 is 0 Å². The van der Waals surface area contributed by atoms with Crippen LogP contribution in [0.3, 0.4) is 0 Å². The molecule has 4 aromatic rings. The van der Waals surface area contributed by atoms with Gasteiger partial charge in [-0.25, -0.2) is 17.7 Å². The lowest BCUT2D eigenvalue weighted by Crippen LogP contribution is -2.22. The average Bonchev–Trinajstić information content (AvgIpc) is 3.20. The van der Waals surface area contributed by atoms with Crippen LogP contribution in [0.1, 0.15) is 11.1 Å². The van der Waals surface area contributed by atoms with Gasteiger partial charge in [-0.2, -0.15) is 5.26 Å².